The maximum Gasteiger partial charge on any atom is 0.247 e. The predicted octanol–water partition coefficient (Wildman–Crippen LogP) is 2.03. The van der Waals surface area contributed by atoms with Crippen molar-refractivity contribution < 1.29 is 0 Å². The summed E-state index contributed by atoms with van der Waals surface area (Å²) >= 11 is 12.6. The molecule has 0 bridgehead atoms. The number of hydrogen-bond acceptors (Lipinski definition) is 3. The van der Waals surface area contributed by atoms with E-state index in [2.05, 4.69) is 25.4 Å². The van der Waals surface area contributed by atoms with Crippen molar-refractivity contribution >= 4 is 50.9 Å². The molecule has 1 saturated heterocycles. The van der Waals surface area contributed by atoms with E-state index in [0.29, 0.717) is 0 Å². The summed E-state index contributed by atoms with van der Waals surface area (Å²) in [7, 11) is -2.25. The first-order valence-corrected chi connectivity index (χ1v) is 10.5. The third-order valence-electron chi connectivity index (χ3n) is 2.20. The largest absolute Gasteiger partial charge is 0.335 e. The zero-order valence-corrected chi connectivity index (χ0v) is 13.3. The monoisotopic (exact) mass is 284 g/mol. The molecule has 3 nitrogen and oxygen atoms in total. The van der Waals surface area contributed by atoms with Crippen LogP contribution in [0.2, 0.25) is 18.1 Å². The molecule has 1 rings (SSSR count). The van der Waals surface area contributed by atoms with Gasteiger partial charge in [0.1, 0.15) is 0 Å². The van der Waals surface area contributed by atoms with Gasteiger partial charge in [-0.25, -0.2) is 7.50 Å². The van der Waals surface area contributed by atoms with Crippen LogP contribution < -0.4 is 4.65 Å². The molecule has 1 aliphatic rings. The fraction of sp³-hybridized carbons (Fsp3) is 1.00. The quantitative estimate of drug-likeness (QED) is 0.632. The molecule has 0 aromatic rings. The fourth-order valence-electron chi connectivity index (χ4n) is 1.39. The van der Waals surface area contributed by atoms with Crippen molar-refractivity contribution in [2.24, 2.45) is 0 Å². The molecule has 0 atom stereocenters. The van der Waals surface area contributed by atoms with E-state index in [1.807, 2.05) is 7.50 Å². The minimum Gasteiger partial charge on any atom is -0.335 e. The van der Waals surface area contributed by atoms with Gasteiger partial charge in [-0.1, -0.05) is 20.8 Å². The highest BCUT2D eigenvalue weighted by atomic mass is 35.5. The first-order chi connectivity index (χ1) is 6.65. The van der Waals surface area contributed by atoms with Crippen molar-refractivity contribution in [3.8, 4) is 0 Å². The average Bonchev–Trinajstić information content (AvgIpc) is 2.19. The van der Waals surface area contributed by atoms with Crippen LogP contribution in [0.15, 0.2) is 0 Å². The Labute approximate surface area is 102 Å². The lowest BCUT2D eigenvalue weighted by Gasteiger charge is -2.42. The van der Waals surface area contributed by atoms with Gasteiger partial charge in [-0.3, -0.25) is 0 Å². The van der Waals surface area contributed by atoms with Crippen LogP contribution in [0.5, 0.6) is 0 Å². The van der Waals surface area contributed by atoms with Crippen molar-refractivity contribution in [2.45, 2.75) is 38.9 Å². The van der Waals surface area contributed by atoms with Gasteiger partial charge in [0.25, 0.3) is 0 Å². The number of hydrogen-bond donors (Lipinski definition) is 1. The third kappa shape index (κ3) is 2.62. The molecule has 0 aliphatic carbocycles. The highest BCUT2D eigenvalue weighted by molar-refractivity contribution is 6.93. The van der Waals surface area contributed by atoms with Gasteiger partial charge in [0.2, 0.25) is 27.4 Å². The Balaban J connectivity index is 2.72. The molecule has 0 aromatic heterocycles. The maximum atomic E-state index is 6.32. The van der Waals surface area contributed by atoms with Crippen LogP contribution in [0.4, 0.5) is 0 Å². The Bertz CT molecular complexity index is 172. The van der Waals surface area contributed by atoms with Crippen LogP contribution in [0.25, 0.3) is 0 Å². The first-order valence-electron chi connectivity index (χ1n) is 4.91. The molecule has 14 heavy (non-hydrogen) atoms. The van der Waals surface area contributed by atoms with Crippen molar-refractivity contribution in [1.82, 2.24) is 12.1 Å². The molecule has 0 amide bonds. The van der Waals surface area contributed by atoms with Crippen LogP contribution in [0.3, 0.4) is 0 Å². The van der Waals surface area contributed by atoms with E-state index < -0.39 is 27.4 Å². The predicted molar refractivity (Wildman–Crippen MR) is 67.2 cm³/mol. The Kier molecular flexibility index (Phi) is 5.64. The molecule has 1 heterocycles. The second kappa shape index (κ2) is 6.00. The molecule has 0 spiro atoms. The summed E-state index contributed by atoms with van der Waals surface area (Å²) in [6.07, 6.45) is 0. The van der Waals surface area contributed by atoms with E-state index in [0.717, 1.165) is 18.1 Å². The molecule has 3 radical (unpaired) electrons. The summed E-state index contributed by atoms with van der Waals surface area (Å²) in [5.41, 5.74) is 0. The summed E-state index contributed by atoms with van der Waals surface area (Å²) in [4.78, 5) is 0. The van der Waals surface area contributed by atoms with E-state index in [9.17, 15) is 0 Å². The van der Waals surface area contributed by atoms with Gasteiger partial charge in [-0.15, -0.1) is 0 Å². The van der Waals surface area contributed by atoms with Crippen LogP contribution in [-0.4, -0.2) is 34.9 Å². The summed E-state index contributed by atoms with van der Waals surface area (Å²) in [6, 6.07) is 3.37. The lowest BCUT2D eigenvalue weighted by atomic mass is 11.0. The highest BCUT2D eigenvalue weighted by Gasteiger charge is 2.42. The zero-order chi connectivity index (χ0) is 10.7. The Morgan fingerprint density at radius 2 is 1.36 bits per heavy atom. The molecule has 1 N–H and O–H groups in total. The van der Waals surface area contributed by atoms with Crippen molar-refractivity contribution in [2.75, 3.05) is 0 Å². The normalized spacial score (nSPS) is 24.6. The number of nitrogens with zero attached hydrogens (tertiary/aromatic N) is 2. The topological polar surface area (TPSA) is 18.5 Å². The van der Waals surface area contributed by atoms with Crippen molar-refractivity contribution in [1.29, 1.82) is 0 Å². The first kappa shape index (κ1) is 13.2. The standard InChI is InChI=1S/C6H16Cl2N3Si3/c1-4-12-9-13(5-2)11(8)14(6-3)10(12)7/h9H,4-6H2,1-3H3. The van der Waals surface area contributed by atoms with Gasteiger partial charge in [0.15, 0.2) is 0 Å². The summed E-state index contributed by atoms with van der Waals surface area (Å²) in [5.74, 6) is 0. The van der Waals surface area contributed by atoms with Crippen molar-refractivity contribution in [3.63, 3.8) is 0 Å². The Hall–Kier alpha value is 1.11. The van der Waals surface area contributed by atoms with E-state index >= 15 is 0 Å². The van der Waals surface area contributed by atoms with Gasteiger partial charge in [-0.2, -0.15) is 0 Å². The second-order valence-electron chi connectivity index (χ2n) is 3.06. The molecular weight excluding hydrogens is 269 g/mol. The highest BCUT2D eigenvalue weighted by Crippen LogP contribution is 2.21. The van der Waals surface area contributed by atoms with E-state index in [-0.39, 0.29) is 0 Å². The summed E-state index contributed by atoms with van der Waals surface area (Å²) in [6.45, 7) is 6.57. The molecular formula is C6H16Cl2N3Si3. The zero-order valence-electron chi connectivity index (χ0n) is 8.77. The van der Waals surface area contributed by atoms with E-state index in [1.54, 1.807) is 0 Å². The number of rotatable bonds is 3. The van der Waals surface area contributed by atoms with E-state index in [1.165, 1.54) is 0 Å². The van der Waals surface area contributed by atoms with Gasteiger partial charge < -0.3 is 4.65 Å². The average molecular weight is 285 g/mol. The van der Waals surface area contributed by atoms with Gasteiger partial charge in [0, 0.05) is 0 Å². The Morgan fingerprint density at radius 1 is 0.929 bits per heavy atom. The van der Waals surface area contributed by atoms with E-state index in [4.69, 9.17) is 23.6 Å². The molecule has 8 heteroatoms. The molecule has 81 valence electrons. The second-order valence-corrected chi connectivity index (χ2v) is 13.3. The van der Waals surface area contributed by atoms with Crippen LogP contribution >= 0.6 is 23.6 Å². The molecule has 1 fully saturated rings. The maximum absolute atomic E-state index is 6.32. The van der Waals surface area contributed by atoms with Crippen molar-refractivity contribution in [3.05, 3.63) is 0 Å². The summed E-state index contributed by atoms with van der Waals surface area (Å²) < 4.78 is 7.67. The lowest BCUT2D eigenvalue weighted by Crippen LogP contribution is -2.71. The Morgan fingerprint density at radius 3 is 1.64 bits per heavy atom. The SMILES string of the molecule is CC[Si]1N[Si](CC)N(Cl)[Si](CC)N1Cl. The summed E-state index contributed by atoms with van der Waals surface area (Å²) in [5, 5.41) is 0. The fourth-order valence-corrected chi connectivity index (χ4v) is 15.6. The van der Waals surface area contributed by atoms with Gasteiger partial charge >= 0.3 is 0 Å². The van der Waals surface area contributed by atoms with Crippen LogP contribution in [0, 0.1) is 0 Å². The minimum atomic E-state index is -0.838. The smallest absolute Gasteiger partial charge is 0.247 e. The van der Waals surface area contributed by atoms with Gasteiger partial charge in [0.05, 0.1) is 0 Å². The molecule has 0 unspecified atom stereocenters. The minimum absolute atomic E-state index is 0.705. The number of halogens is 2. The molecule has 1 aliphatic heterocycles. The van der Waals surface area contributed by atoms with Crippen LogP contribution in [-0.2, 0) is 0 Å². The van der Waals surface area contributed by atoms with Gasteiger partial charge in [-0.05, 0) is 41.7 Å². The lowest BCUT2D eigenvalue weighted by molar-refractivity contribution is 0.800. The molecule has 0 saturated carbocycles. The molecule has 0 aromatic carbocycles. The third-order valence-corrected chi connectivity index (χ3v) is 13.9. The number of nitrogens with one attached hydrogen (secondary N) is 1. The van der Waals surface area contributed by atoms with Crippen LogP contribution in [0.1, 0.15) is 20.8 Å².